The average Bonchev–Trinajstić information content (AvgIpc) is 1.82. The van der Waals surface area contributed by atoms with Crippen LogP contribution in [0.25, 0.3) is 0 Å². The van der Waals surface area contributed by atoms with Crippen molar-refractivity contribution in [3.05, 3.63) is 28.5 Å². The van der Waals surface area contributed by atoms with Crippen molar-refractivity contribution in [2.24, 2.45) is 0 Å². The lowest BCUT2D eigenvalue weighted by Crippen LogP contribution is -2.12. The van der Waals surface area contributed by atoms with Crippen molar-refractivity contribution >= 4 is 15.9 Å². The van der Waals surface area contributed by atoms with Crippen LogP contribution in [0.4, 0.5) is 13.2 Å². The predicted molar refractivity (Wildman–Crippen MR) is 41.7 cm³/mol. The largest absolute Gasteiger partial charge is 0.394 e. The smallest absolute Gasteiger partial charge is 0.261 e. The van der Waals surface area contributed by atoms with E-state index in [1.807, 2.05) is 0 Å². The highest BCUT2D eigenvalue weighted by molar-refractivity contribution is 9.10. The second kappa shape index (κ2) is 3.43. The first-order valence-corrected chi connectivity index (χ1v) is 3.94. The van der Waals surface area contributed by atoms with Gasteiger partial charge in [0.1, 0.15) is 0 Å². The van der Waals surface area contributed by atoms with Gasteiger partial charge in [0, 0.05) is 10.7 Å². The van der Waals surface area contributed by atoms with Crippen molar-refractivity contribution in [2.75, 3.05) is 0 Å². The highest BCUT2D eigenvalue weighted by Crippen LogP contribution is 2.21. The molecule has 1 aromatic rings. The maximum Gasteiger partial charge on any atom is 0.394 e. The minimum Gasteiger partial charge on any atom is -0.261 e. The average molecular weight is 240 g/mol. The van der Waals surface area contributed by atoms with Gasteiger partial charge in [0.25, 0.3) is 0 Å². The van der Waals surface area contributed by atoms with E-state index in [-0.39, 0.29) is 5.69 Å². The first kappa shape index (κ1) is 9.51. The Morgan fingerprint density at radius 2 is 2.08 bits per heavy atom. The molecule has 0 aliphatic heterocycles. The zero-order valence-corrected chi connectivity index (χ0v) is 7.48. The number of halogens is 4. The molecule has 12 heavy (non-hydrogen) atoms. The van der Waals surface area contributed by atoms with Gasteiger partial charge in [-0.1, -0.05) is 15.9 Å². The zero-order chi connectivity index (χ0) is 9.19. The number of hydrogen-bond donors (Lipinski definition) is 0. The van der Waals surface area contributed by atoms with Gasteiger partial charge in [0.2, 0.25) is 0 Å². The van der Waals surface area contributed by atoms with Gasteiger partial charge in [-0.05, 0) is 12.1 Å². The van der Waals surface area contributed by atoms with Gasteiger partial charge in [0.15, 0.2) is 0 Å². The highest BCUT2D eigenvalue weighted by Gasteiger charge is 2.28. The fourth-order valence-corrected chi connectivity index (χ4v) is 1.13. The van der Waals surface area contributed by atoms with Crippen molar-refractivity contribution in [1.82, 2.24) is 4.98 Å². The first-order chi connectivity index (χ1) is 5.47. The third kappa shape index (κ3) is 3.21. The highest BCUT2D eigenvalue weighted by atomic mass is 79.9. The van der Waals surface area contributed by atoms with E-state index in [0.717, 1.165) is 0 Å². The molecule has 0 N–H and O–H groups in total. The minimum atomic E-state index is -4.19. The van der Waals surface area contributed by atoms with Crippen LogP contribution >= 0.6 is 15.9 Å². The van der Waals surface area contributed by atoms with Gasteiger partial charge in [-0.15, -0.1) is 0 Å². The molecule has 0 aromatic carbocycles. The maximum atomic E-state index is 11.8. The first-order valence-electron chi connectivity index (χ1n) is 3.14. The summed E-state index contributed by atoms with van der Waals surface area (Å²) in [6.07, 6.45) is -3.83. The van der Waals surface area contributed by atoms with E-state index in [4.69, 9.17) is 0 Å². The van der Waals surface area contributed by atoms with Gasteiger partial charge >= 0.3 is 6.18 Å². The molecule has 0 spiro atoms. The summed E-state index contributed by atoms with van der Waals surface area (Å²) in [7, 11) is 0. The van der Waals surface area contributed by atoms with Crippen LogP contribution in [0.5, 0.6) is 0 Å². The number of rotatable bonds is 1. The number of pyridine rings is 1. The molecule has 66 valence electrons. The van der Waals surface area contributed by atoms with Gasteiger partial charge in [-0.25, -0.2) is 0 Å². The molecular weight excluding hydrogens is 235 g/mol. The molecule has 1 nitrogen and oxygen atoms in total. The minimum absolute atomic E-state index is 0.0249. The Balaban J connectivity index is 2.77. The Labute approximate surface area is 75.7 Å². The molecule has 0 unspecified atom stereocenters. The summed E-state index contributed by atoms with van der Waals surface area (Å²) in [5, 5.41) is 0. The van der Waals surface area contributed by atoms with E-state index in [9.17, 15) is 13.2 Å². The molecule has 0 aliphatic carbocycles. The van der Waals surface area contributed by atoms with Crippen molar-refractivity contribution in [1.29, 1.82) is 0 Å². The summed E-state index contributed by atoms with van der Waals surface area (Å²) >= 11 is 3.06. The van der Waals surface area contributed by atoms with Crippen LogP contribution in [0, 0.1) is 0 Å². The lowest BCUT2D eigenvalue weighted by atomic mass is 10.3. The van der Waals surface area contributed by atoms with E-state index in [1.54, 1.807) is 6.07 Å². The summed E-state index contributed by atoms with van der Waals surface area (Å²) in [4.78, 5) is 3.57. The Morgan fingerprint density at radius 1 is 1.42 bits per heavy atom. The summed E-state index contributed by atoms with van der Waals surface area (Å²) in [6.45, 7) is 0. The standard InChI is InChI=1S/C7H5BrF3N/c8-5-1-2-12-6(3-5)4-7(9,10)11/h1-3H,4H2. The Bertz CT molecular complexity index is 272. The van der Waals surface area contributed by atoms with E-state index >= 15 is 0 Å². The van der Waals surface area contributed by atoms with Gasteiger partial charge < -0.3 is 0 Å². The molecule has 0 saturated carbocycles. The molecule has 5 heteroatoms. The van der Waals surface area contributed by atoms with Crippen LogP contribution < -0.4 is 0 Å². The van der Waals surface area contributed by atoms with Gasteiger partial charge in [-0.2, -0.15) is 13.2 Å². The summed E-state index contributed by atoms with van der Waals surface area (Å²) < 4.78 is 36.1. The lowest BCUT2D eigenvalue weighted by molar-refractivity contribution is -0.127. The van der Waals surface area contributed by atoms with E-state index in [0.29, 0.717) is 4.47 Å². The van der Waals surface area contributed by atoms with Crippen molar-refractivity contribution < 1.29 is 13.2 Å². The van der Waals surface area contributed by atoms with Crippen molar-refractivity contribution in [3.63, 3.8) is 0 Å². The van der Waals surface area contributed by atoms with Gasteiger partial charge in [-0.3, -0.25) is 4.98 Å². The Morgan fingerprint density at radius 3 is 2.58 bits per heavy atom. The molecule has 1 heterocycles. The molecular formula is C7H5BrF3N. The van der Waals surface area contributed by atoms with Crippen LogP contribution in [0.15, 0.2) is 22.8 Å². The number of hydrogen-bond acceptors (Lipinski definition) is 1. The second-order valence-electron chi connectivity index (χ2n) is 2.26. The molecule has 0 saturated heterocycles. The third-order valence-electron chi connectivity index (χ3n) is 1.16. The SMILES string of the molecule is FC(F)(F)Cc1cc(Br)ccn1. The second-order valence-corrected chi connectivity index (χ2v) is 3.17. The van der Waals surface area contributed by atoms with Crippen LogP contribution in [0.1, 0.15) is 5.69 Å². The molecule has 1 aromatic heterocycles. The molecule has 0 bridgehead atoms. The quantitative estimate of drug-likeness (QED) is 0.735. The zero-order valence-electron chi connectivity index (χ0n) is 5.90. The van der Waals surface area contributed by atoms with Crippen LogP contribution in [0.2, 0.25) is 0 Å². The van der Waals surface area contributed by atoms with Gasteiger partial charge in [0.05, 0.1) is 12.1 Å². The Kier molecular flexibility index (Phi) is 2.72. The topological polar surface area (TPSA) is 12.9 Å². The number of nitrogens with zero attached hydrogens (tertiary/aromatic N) is 1. The van der Waals surface area contributed by atoms with E-state index in [2.05, 4.69) is 20.9 Å². The molecule has 0 atom stereocenters. The molecule has 1 rings (SSSR count). The van der Waals surface area contributed by atoms with Crippen molar-refractivity contribution in [3.8, 4) is 0 Å². The summed E-state index contributed by atoms with van der Waals surface area (Å²) in [6, 6.07) is 2.94. The van der Waals surface area contributed by atoms with E-state index < -0.39 is 12.6 Å². The normalized spacial score (nSPS) is 11.7. The number of aromatic nitrogens is 1. The molecule has 0 aliphatic rings. The van der Waals surface area contributed by atoms with Crippen LogP contribution in [0.3, 0.4) is 0 Å². The third-order valence-corrected chi connectivity index (χ3v) is 1.65. The number of alkyl halides is 3. The Hall–Kier alpha value is -0.580. The van der Waals surface area contributed by atoms with E-state index in [1.165, 1.54) is 12.3 Å². The molecule has 0 amide bonds. The molecule has 0 radical (unpaired) electrons. The fourth-order valence-electron chi connectivity index (χ4n) is 0.751. The summed E-state index contributed by atoms with van der Waals surface area (Å²) in [5.41, 5.74) is 0.0249. The monoisotopic (exact) mass is 239 g/mol. The molecule has 0 fully saturated rings. The van der Waals surface area contributed by atoms with Crippen molar-refractivity contribution in [2.45, 2.75) is 12.6 Å². The lowest BCUT2D eigenvalue weighted by Gasteiger charge is -2.04. The fraction of sp³-hybridized carbons (Fsp3) is 0.286. The van der Waals surface area contributed by atoms with Crippen LogP contribution in [-0.4, -0.2) is 11.2 Å². The maximum absolute atomic E-state index is 11.8. The van der Waals surface area contributed by atoms with Crippen LogP contribution in [-0.2, 0) is 6.42 Å². The predicted octanol–water partition coefficient (Wildman–Crippen LogP) is 2.95. The summed E-state index contributed by atoms with van der Waals surface area (Å²) in [5.74, 6) is 0.